The number of hydrogen-bond donors (Lipinski definition) is 8. The highest BCUT2D eigenvalue weighted by atomic mass is 28.7. The largest absolute Gasteiger partial charge is 0.659 e. The molecule has 0 aromatic heterocycles. The van der Waals surface area contributed by atoms with Crippen LogP contribution in [0.1, 0.15) is 0 Å². The van der Waals surface area contributed by atoms with E-state index in [4.69, 9.17) is 49.4 Å². The van der Waals surface area contributed by atoms with Gasteiger partial charge in [-0.1, -0.05) is 0 Å². The van der Waals surface area contributed by atoms with Crippen LogP contribution in [0.15, 0.2) is 0 Å². The molecule has 6 aliphatic heterocycles. The Kier molecular flexibility index (Phi) is 4.06. The summed E-state index contributed by atoms with van der Waals surface area (Å²) in [6, 6.07) is 0. The lowest BCUT2D eigenvalue weighted by molar-refractivity contribution is -0.138. The molecule has 0 amide bonds. The van der Waals surface area contributed by atoms with Crippen LogP contribution in [0.4, 0.5) is 0 Å². The van der Waals surface area contributed by atoms with E-state index in [1.165, 1.54) is 0 Å². The third-order valence-electron chi connectivity index (χ3n) is 3.10. The second-order valence-corrected chi connectivity index (χ2v) is 23.6. The van der Waals surface area contributed by atoms with Crippen molar-refractivity contribution in [1.82, 2.24) is 0 Å². The minimum absolute atomic E-state index is 4.70. The highest BCUT2D eigenvalue weighted by molar-refractivity contribution is 6.96. The van der Waals surface area contributed by atoms with E-state index in [0.29, 0.717) is 0 Å². The second kappa shape index (κ2) is 5.46. The maximum Gasteiger partial charge on any atom is 0.659 e. The standard InChI is InChI=1S/H8O20Si8/c1-21-9-22(2)12-25(5)14-23(3,10-21)16-27(7)17-24(4,11-21)15-26(6,13-22)19-28(8,18-25)20-27/h1-8H. The fraction of sp³-hybridized carbons (Fsp3) is 0. The van der Waals surface area contributed by atoms with Crippen LogP contribution < -0.4 is 0 Å². The van der Waals surface area contributed by atoms with Crippen molar-refractivity contribution in [2.24, 2.45) is 0 Å². The highest BCUT2D eigenvalue weighted by Gasteiger charge is 2.88. The average molecular weight is 553 g/mol. The van der Waals surface area contributed by atoms with E-state index in [0.717, 1.165) is 0 Å². The van der Waals surface area contributed by atoms with Gasteiger partial charge in [-0.05, 0) is 0 Å². The minimum Gasteiger partial charge on any atom is -0.369 e. The summed E-state index contributed by atoms with van der Waals surface area (Å²) in [5, 5.41) is 0. The molecule has 28 heteroatoms. The van der Waals surface area contributed by atoms with E-state index in [9.17, 15) is 38.4 Å². The van der Waals surface area contributed by atoms with Gasteiger partial charge in [-0.3, -0.25) is 0 Å². The molecular formula is H8O20Si8. The van der Waals surface area contributed by atoms with Crippen molar-refractivity contribution in [2.45, 2.75) is 0 Å². The molecular weight excluding hydrogens is 545 g/mol. The normalized spacial score (nSPS) is 66.0. The van der Waals surface area contributed by atoms with E-state index >= 15 is 0 Å². The molecule has 6 aliphatic rings. The Bertz CT molecular complexity index is 470. The van der Waals surface area contributed by atoms with Crippen LogP contribution >= 0.6 is 0 Å². The molecule has 160 valence electrons. The Balaban J connectivity index is 1.79. The van der Waals surface area contributed by atoms with Gasteiger partial charge in [-0.25, -0.2) is 0 Å². The Morgan fingerprint density at radius 3 is 0.357 bits per heavy atom. The van der Waals surface area contributed by atoms with Crippen molar-refractivity contribution < 1.29 is 87.7 Å². The smallest absolute Gasteiger partial charge is 0.369 e. The zero-order valence-corrected chi connectivity index (χ0v) is 20.5. The lowest BCUT2D eigenvalue weighted by Crippen LogP contribution is -2.89. The van der Waals surface area contributed by atoms with Crippen molar-refractivity contribution in [1.29, 1.82) is 0 Å². The molecule has 6 saturated heterocycles. The molecule has 0 aliphatic carbocycles. The lowest BCUT2D eigenvalue weighted by atomic mass is 15.5. The third-order valence-corrected chi connectivity index (χ3v) is 27.9. The molecule has 28 heavy (non-hydrogen) atoms. The van der Waals surface area contributed by atoms with E-state index in [-0.39, 0.29) is 0 Å². The Morgan fingerprint density at radius 2 is 0.286 bits per heavy atom. The predicted octanol–water partition coefficient (Wildman–Crippen LogP) is -8.32. The Morgan fingerprint density at radius 1 is 0.214 bits per heavy atom. The van der Waals surface area contributed by atoms with Gasteiger partial charge in [0.1, 0.15) is 0 Å². The Hall–Kier alpha value is 0.935. The molecule has 0 spiro atoms. The molecule has 0 atom stereocenters. The van der Waals surface area contributed by atoms with Crippen LogP contribution in [-0.4, -0.2) is 111 Å². The number of rotatable bonds is 0. The fourth-order valence-corrected chi connectivity index (χ4v) is 31.1. The molecule has 0 unspecified atom stereocenters. The van der Waals surface area contributed by atoms with Gasteiger partial charge in [0.05, 0.1) is 0 Å². The summed E-state index contributed by atoms with van der Waals surface area (Å²) in [5.41, 5.74) is 0. The highest BCUT2D eigenvalue weighted by Crippen LogP contribution is 2.43. The van der Waals surface area contributed by atoms with Gasteiger partial charge >= 0.3 is 72.4 Å². The molecule has 6 fully saturated rings. The van der Waals surface area contributed by atoms with Crippen molar-refractivity contribution in [3.63, 3.8) is 0 Å². The first-order valence-electron chi connectivity index (χ1n) is 6.69. The van der Waals surface area contributed by atoms with Crippen molar-refractivity contribution >= 4 is 72.4 Å². The molecule has 8 bridgehead atoms. The molecule has 6 heterocycles. The summed E-state index contributed by atoms with van der Waals surface area (Å²) in [6.45, 7) is 0. The zero-order chi connectivity index (χ0) is 20.5. The van der Waals surface area contributed by atoms with Gasteiger partial charge in [0.2, 0.25) is 0 Å². The lowest BCUT2D eigenvalue weighted by Gasteiger charge is -2.53. The summed E-state index contributed by atoms with van der Waals surface area (Å²) >= 11 is 0. The summed E-state index contributed by atoms with van der Waals surface area (Å²) in [5.74, 6) is 0. The van der Waals surface area contributed by atoms with E-state index in [1.54, 1.807) is 0 Å². The number of hydrogen-bond acceptors (Lipinski definition) is 20. The van der Waals surface area contributed by atoms with Gasteiger partial charge in [0.15, 0.2) is 0 Å². The Labute approximate surface area is 160 Å². The molecule has 0 saturated carbocycles. The fourth-order valence-electron chi connectivity index (χ4n) is 2.46. The maximum atomic E-state index is 10.4. The summed E-state index contributed by atoms with van der Waals surface area (Å²) in [6.07, 6.45) is 0. The molecule has 0 aromatic carbocycles. The minimum atomic E-state index is -5.54. The monoisotopic (exact) mass is 552 g/mol. The molecule has 20 nitrogen and oxygen atoms in total. The van der Waals surface area contributed by atoms with Crippen LogP contribution in [0.3, 0.4) is 0 Å². The van der Waals surface area contributed by atoms with E-state index in [1.807, 2.05) is 0 Å². The SMILES string of the molecule is O[Si]12O[Si]3(O)O[Si]4(O)O[Si](O)(O1)O[Si]1(O)O[Si](O)(O2)O[Si](O)(O3)O[Si](O)(O4)O1. The molecule has 0 radical (unpaired) electrons. The predicted molar refractivity (Wildman–Crippen MR) is 76.8 cm³/mol. The van der Waals surface area contributed by atoms with Crippen LogP contribution in [0.25, 0.3) is 0 Å². The maximum absolute atomic E-state index is 10.4. The van der Waals surface area contributed by atoms with E-state index < -0.39 is 72.4 Å². The van der Waals surface area contributed by atoms with Crippen LogP contribution in [0.2, 0.25) is 0 Å². The first kappa shape index (κ1) is 20.8. The first-order valence-corrected chi connectivity index (χ1v) is 20.1. The van der Waals surface area contributed by atoms with Crippen molar-refractivity contribution in [3.05, 3.63) is 0 Å². The van der Waals surface area contributed by atoms with Crippen molar-refractivity contribution in [2.75, 3.05) is 0 Å². The van der Waals surface area contributed by atoms with Crippen LogP contribution in [0.5, 0.6) is 0 Å². The van der Waals surface area contributed by atoms with Gasteiger partial charge in [-0.15, -0.1) is 0 Å². The third kappa shape index (κ3) is 3.41. The van der Waals surface area contributed by atoms with Gasteiger partial charge < -0.3 is 87.7 Å². The van der Waals surface area contributed by atoms with Crippen LogP contribution in [-0.2, 0) is 49.4 Å². The molecule has 8 N–H and O–H groups in total. The quantitative estimate of drug-likeness (QED) is 0.129. The van der Waals surface area contributed by atoms with Crippen molar-refractivity contribution in [3.8, 4) is 0 Å². The van der Waals surface area contributed by atoms with Gasteiger partial charge in [0.25, 0.3) is 0 Å². The topological polar surface area (TPSA) is 273 Å². The summed E-state index contributed by atoms with van der Waals surface area (Å²) in [7, 11) is -44.3. The molecule has 0 aromatic rings. The van der Waals surface area contributed by atoms with Crippen LogP contribution in [0, 0.1) is 0 Å². The average Bonchev–Trinajstić information content (AvgIpc) is 2.22. The summed E-state index contributed by atoms with van der Waals surface area (Å²) in [4.78, 5) is 83.5. The first-order chi connectivity index (χ1) is 12.5. The van der Waals surface area contributed by atoms with E-state index in [2.05, 4.69) is 0 Å². The molecule has 6 rings (SSSR count). The summed E-state index contributed by atoms with van der Waals surface area (Å²) < 4.78 is 56.4. The van der Waals surface area contributed by atoms with Gasteiger partial charge in [-0.2, -0.15) is 0 Å². The second-order valence-electron chi connectivity index (χ2n) is 5.42. The zero-order valence-electron chi connectivity index (χ0n) is 12.5. The van der Waals surface area contributed by atoms with Gasteiger partial charge in [0, 0.05) is 0 Å².